The Labute approximate surface area is 153 Å². The zero-order valence-corrected chi connectivity index (χ0v) is 15.6. The van der Waals surface area contributed by atoms with E-state index in [9.17, 15) is 9.18 Å². The second kappa shape index (κ2) is 7.40. The van der Waals surface area contributed by atoms with Crippen LogP contribution in [0, 0.1) is 25.6 Å². The number of benzene rings is 1. The van der Waals surface area contributed by atoms with Gasteiger partial charge in [-0.1, -0.05) is 13.8 Å². The first-order valence-electron chi connectivity index (χ1n) is 8.97. The summed E-state index contributed by atoms with van der Waals surface area (Å²) < 4.78 is 20.3. The van der Waals surface area contributed by atoms with Crippen LogP contribution in [0.1, 0.15) is 37.2 Å². The second-order valence-electron chi connectivity index (χ2n) is 6.85. The van der Waals surface area contributed by atoms with Crippen LogP contribution in [0.25, 0.3) is 11.3 Å². The lowest BCUT2D eigenvalue weighted by Gasteiger charge is -2.15. The van der Waals surface area contributed by atoms with Gasteiger partial charge in [0.1, 0.15) is 17.7 Å². The average molecular weight is 357 g/mol. The molecule has 0 fully saturated rings. The van der Waals surface area contributed by atoms with Crippen molar-refractivity contribution < 1.29 is 13.9 Å². The number of hydrogen-bond donors (Lipinski definition) is 1. The SMILES string of the molecule is CC[C@H](C)C(=O)NC[C@H]1Cc2c(F)ccc(-c3nc(C)cnc3C)c2O1. The summed E-state index contributed by atoms with van der Waals surface area (Å²) in [7, 11) is 0. The minimum atomic E-state index is -0.294. The normalized spacial score (nSPS) is 16.7. The fraction of sp³-hybridized carbons (Fsp3) is 0.450. The van der Waals surface area contributed by atoms with E-state index in [1.165, 1.54) is 6.07 Å². The molecule has 26 heavy (non-hydrogen) atoms. The summed E-state index contributed by atoms with van der Waals surface area (Å²) in [5, 5.41) is 2.89. The van der Waals surface area contributed by atoms with Crippen molar-refractivity contribution in [2.24, 2.45) is 5.92 Å². The van der Waals surface area contributed by atoms with Gasteiger partial charge in [0, 0.05) is 29.7 Å². The highest BCUT2D eigenvalue weighted by Crippen LogP contribution is 2.40. The molecule has 138 valence electrons. The lowest BCUT2D eigenvalue weighted by atomic mass is 10.0. The Morgan fingerprint density at radius 3 is 2.92 bits per heavy atom. The molecule has 0 saturated carbocycles. The molecule has 0 saturated heterocycles. The van der Waals surface area contributed by atoms with Crippen LogP contribution < -0.4 is 10.1 Å². The van der Waals surface area contributed by atoms with Gasteiger partial charge in [-0.05, 0) is 32.4 Å². The molecule has 1 N–H and O–H groups in total. The quantitative estimate of drug-likeness (QED) is 0.891. The number of fused-ring (bicyclic) bond motifs is 1. The highest BCUT2D eigenvalue weighted by molar-refractivity contribution is 5.78. The van der Waals surface area contributed by atoms with Gasteiger partial charge in [0.25, 0.3) is 0 Å². The Balaban J connectivity index is 1.84. The smallest absolute Gasteiger partial charge is 0.222 e. The molecule has 1 aliphatic heterocycles. The molecule has 1 aromatic carbocycles. The molecule has 1 aromatic heterocycles. The zero-order chi connectivity index (χ0) is 18.8. The summed E-state index contributed by atoms with van der Waals surface area (Å²) in [6, 6.07) is 3.13. The summed E-state index contributed by atoms with van der Waals surface area (Å²) in [6.07, 6.45) is 2.62. The van der Waals surface area contributed by atoms with Gasteiger partial charge in [0.15, 0.2) is 0 Å². The van der Waals surface area contributed by atoms with Gasteiger partial charge in [0.05, 0.1) is 23.6 Å². The van der Waals surface area contributed by atoms with Crippen LogP contribution in [-0.4, -0.2) is 28.5 Å². The fourth-order valence-corrected chi connectivity index (χ4v) is 3.03. The predicted octanol–water partition coefficient (Wildman–Crippen LogP) is 3.37. The van der Waals surface area contributed by atoms with Crippen molar-refractivity contribution >= 4 is 5.91 Å². The summed E-state index contributed by atoms with van der Waals surface area (Å²) in [4.78, 5) is 20.9. The number of nitrogens with one attached hydrogen (secondary N) is 1. The second-order valence-corrected chi connectivity index (χ2v) is 6.85. The van der Waals surface area contributed by atoms with Gasteiger partial charge in [-0.15, -0.1) is 0 Å². The highest BCUT2D eigenvalue weighted by Gasteiger charge is 2.30. The molecular weight excluding hydrogens is 333 g/mol. The molecule has 0 bridgehead atoms. The zero-order valence-electron chi connectivity index (χ0n) is 15.6. The molecule has 0 radical (unpaired) electrons. The molecule has 2 heterocycles. The van der Waals surface area contributed by atoms with E-state index in [4.69, 9.17) is 4.74 Å². The molecule has 2 aromatic rings. The van der Waals surface area contributed by atoms with E-state index in [1.54, 1.807) is 12.3 Å². The number of hydrogen-bond acceptors (Lipinski definition) is 4. The lowest BCUT2D eigenvalue weighted by molar-refractivity contribution is -0.124. The number of halogens is 1. The van der Waals surface area contributed by atoms with Crippen molar-refractivity contribution in [3.05, 3.63) is 41.1 Å². The molecule has 2 atom stereocenters. The van der Waals surface area contributed by atoms with Gasteiger partial charge in [-0.3, -0.25) is 9.78 Å². The molecule has 1 amide bonds. The van der Waals surface area contributed by atoms with Crippen LogP contribution in [0.5, 0.6) is 5.75 Å². The molecule has 1 aliphatic rings. The third-order valence-electron chi connectivity index (χ3n) is 4.81. The van der Waals surface area contributed by atoms with Crippen LogP contribution in [0.15, 0.2) is 18.3 Å². The summed E-state index contributed by atoms with van der Waals surface area (Å²) in [6.45, 7) is 7.95. The molecule has 5 nitrogen and oxygen atoms in total. The summed E-state index contributed by atoms with van der Waals surface area (Å²) in [5.41, 5.74) is 3.53. The average Bonchev–Trinajstić information content (AvgIpc) is 3.06. The summed E-state index contributed by atoms with van der Waals surface area (Å²) in [5.74, 6) is 0.165. The van der Waals surface area contributed by atoms with Crippen LogP contribution in [-0.2, 0) is 11.2 Å². The Kier molecular flexibility index (Phi) is 5.20. The molecule has 0 aliphatic carbocycles. The van der Waals surface area contributed by atoms with Crippen molar-refractivity contribution in [1.82, 2.24) is 15.3 Å². The van der Waals surface area contributed by atoms with Crippen LogP contribution in [0.2, 0.25) is 0 Å². The van der Waals surface area contributed by atoms with Crippen molar-refractivity contribution in [2.75, 3.05) is 6.54 Å². The molecule has 0 unspecified atom stereocenters. The Hall–Kier alpha value is -2.50. The Bertz CT molecular complexity index is 838. The van der Waals surface area contributed by atoms with Gasteiger partial charge in [-0.2, -0.15) is 0 Å². The topological polar surface area (TPSA) is 64.1 Å². The molecule has 3 rings (SSSR count). The first-order chi connectivity index (χ1) is 12.4. The fourth-order valence-electron chi connectivity index (χ4n) is 3.03. The van der Waals surface area contributed by atoms with E-state index >= 15 is 0 Å². The lowest BCUT2D eigenvalue weighted by Crippen LogP contribution is -2.37. The van der Waals surface area contributed by atoms with E-state index in [-0.39, 0.29) is 23.7 Å². The number of ether oxygens (including phenoxy) is 1. The maximum Gasteiger partial charge on any atom is 0.222 e. The number of amides is 1. The number of nitrogens with zero attached hydrogens (tertiary/aromatic N) is 2. The van der Waals surface area contributed by atoms with Gasteiger partial charge in [0.2, 0.25) is 5.91 Å². The molecule has 0 spiro atoms. The van der Waals surface area contributed by atoms with Crippen molar-refractivity contribution in [2.45, 2.75) is 46.6 Å². The van der Waals surface area contributed by atoms with Crippen molar-refractivity contribution in [3.8, 4) is 17.0 Å². The Morgan fingerprint density at radius 2 is 2.19 bits per heavy atom. The number of carbonyl (C=O) groups excluding carboxylic acids is 1. The van der Waals surface area contributed by atoms with Gasteiger partial charge in [-0.25, -0.2) is 9.37 Å². The number of rotatable bonds is 5. The monoisotopic (exact) mass is 357 g/mol. The van der Waals surface area contributed by atoms with Gasteiger partial charge >= 0.3 is 0 Å². The van der Waals surface area contributed by atoms with E-state index in [0.29, 0.717) is 30.0 Å². The first-order valence-corrected chi connectivity index (χ1v) is 8.97. The van der Waals surface area contributed by atoms with Crippen LogP contribution in [0.3, 0.4) is 0 Å². The largest absolute Gasteiger partial charge is 0.487 e. The molecular formula is C20H24FN3O2. The standard InChI is InChI=1S/C20H24FN3O2/c1-5-11(2)20(25)23-10-14-8-16-17(21)7-6-15(19(16)26-14)18-13(4)22-9-12(3)24-18/h6-7,9,11,14H,5,8,10H2,1-4H3,(H,23,25)/t11-,14+/m0/s1. The van der Waals surface area contributed by atoms with E-state index < -0.39 is 0 Å². The summed E-state index contributed by atoms with van der Waals surface area (Å²) >= 11 is 0. The van der Waals surface area contributed by atoms with Crippen LogP contribution in [0.4, 0.5) is 4.39 Å². The number of carbonyl (C=O) groups is 1. The maximum absolute atomic E-state index is 14.3. The third-order valence-corrected chi connectivity index (χ3v) is 4.81. The van der Waals surface area contributed by atoms with Crippen LogP contribution >= 0.6 is 0 Å². The number of aromatic nitrogens is 2. The molecule has 6 heteroatoms. The van der Waals surface area contributed by atoms with Gasteiger partial charge < -0.3 is 10.1 Å². The first kappa shape index (κ1) is 18.3. The van der Waals surface area contributed by atoms with Crippen molar-refractivity contribution in [1.29, 1.82) is 0 Å². The highest BCUT2D eigenvalue weighted by atomic mass is 19.1. The number of aryl methyl sites for hydroxylation is 2. The Morgan fingerprint density at radius 1 is 1.42 bits per heavy atom. The maximum atomic E-state index is 14.3. The predicted molar refractivity (Wildman–Crippen MR) is 97.5 cm³/mol. The third kappa shape index (κ3) is 3.54. The van der Waals surface area contributed by atoms with Crippen molar-refractivity contribution in [3.63, 3.8) is 0 Å². The van der Waals surface area contributed by atoms with E-state index in [0.717, 1.165) is 23.4 Å². The van der Waals surface area contributed by atoms with E-state index in [1.807, 2.05) is 27.7 Å². The minimum Gasteiger partial charge on any atom is -0.487 e. The minimum absolute atomic E-state index is 0.00635. The van der Waals surface area contributed by atoms with E-state index in [2.05, 4.69) is 15.3 Å².